The van der Waals surface area contributed by atoms with Gasteiger partial charge in [-0.3, -0.25) is 4.79 Å². The Kier molecular flexibility index (Phi) is 4.83. The van der Waals surface area contributed by atoms with Crippen LogP contribution in [0.3, 0.4) is 0 Å². The lowest BCUT2D eigenvalue weighted by atomic mass is 9.78. The van der Waals surface area contributed by atoms with Gasteiger partial charge in [0.1, 0.15) is 0 Å². The molecule has 1 amide bonds. The average molecular weight is 281 g/mol. The Hall–Kier alpha value is -1.06. The van der Waals surface area contributed by atoms with Crippen molar-refractivity contribution in [1.29, 1.82) is 0 Å². The van der Waals surface area contributed by atoms with Crippen molar-refractivity contribution in [1.82, 2.24) is 0 Å². The van der Waals surface area contributed by atoms with Crippen LogP contribution in [-0.4, -0.2) is 12.5 Å². The highest BCUT2D eigenvalue weighted by Gasteiger charge is 2.30. The van der Waals surface area contributed by atoms with Crippen molar-refractivity contribution in [2.75, 3.05) is 11.9 Å². The standard InChI is InChI=1S/C15H21ClN2O/c1-10-6-7-13(16)14(8-10)18-15(19)12-5-3-2-4-11(12)9-17/h6-8,11-12H,2-5,9,17H2,1H3,(H,18,19). The van der Waals surface area contributed by atoms with Gasteiger partial charge < -0.3 is 11.1 Å². The number of anilines is 1. The van der Waals surface area contributed by atoms with Gasteiger partial charge in [-0.2, -0.15) is 0 Å². The summed E-state index contributed by atoms with van der Waals surface area (Å²) in [5, 5.41) is 3.54. The summed E-state index contributed by atoms with van der Waals surface area (Å²) < 4.78 is 0. The maximum absolute atomic E-state index is 12.4. The fourth-order valence-corrected chi connectivity index (χ4v) is 2.96. The van der Waals surface area contributed by atoms with E-state index in [-0.39, 0.29) is 11.8 Å². The zero-order valence-corrected chi connectivity index (χ0v) is 12.0. The summed E-state index contributed by atoms with van der Waals surface area (Å²) in [4.78, 5) is 12.4. The largest absolute Gasteiger partial charge is 0.330 e. The molecule has 0 aliphatic heterocycles. The SMILES string of the molecule is Cc1ccc(Cl)c(NC(=O)C2CCCCC2CN)c1. The fraction of sp³-hybridized carbons (Fsp3) is 0.533. The van der Waals surface area contributed by atoms with Crippen LogP contribution in [0.15, 0.2) is 18.2 Å². The number of rotatable bonds is 3. The summed E-state index contributed by atoms with van der Waals surface area (Å²) in [6.45, 7) is 2.56. The van der Waals surface area contributed by atoms with Crippen molar-refractivity contribution in [3.05, 3.63) is 28.8 Å². The van der Waals surface area contributed by atoms with Crippen molar-refractivity contribution < 1.29 is 4.79 Å². The van der Waals surface area contributed by atoms with Gasteiger partial charge in [-0.1, -0.05) is 30.5 Å². The molecule has 4 heteroatoms. The quantitative estimate of drug-likeness (QED) is 0.892. The first-order chi connectivity index (χ1) is 9.11. The number of nitrogens with one attached hydrogen (secondary N) is 1. The predicted molar refractivity (Wildman–Crippen MR) is 79.3 cm³/mol. The van der Waals surface area contributed by atoms with Crippen LogP contribution in [-0.2, 0) is 4.79 Å². The zero-order valence-electron chi connectivity index (χ0n) is 11.3. The average Bonchev–Trinajstić information content (AvgIpc) is 2.42. The van der Waals surface area contributed by atoms with E-state index in [1.54, 1.807) is 0 Å². The van der Waals surface area contributed by atoms with Crippen LogP contribution < -0.4 is 11.1 Å². The molecule has 0 spiro atoms. The molecule has 2 unspecified atom stereocenters. The van der Waals surface area contributed by atoms with E-state index in [4.69, 9.17) is 17.3 Å². The molecule has 1 aromatic rings. The molecule has 1 fully saturated rings. The molecule has 0 bridgehead atoms. The Balaban J connectivity index is 2.09. The number of hydrogen-bond donors (Lipinski definition) is 2. The first kappa shape index (κ1) is 14.4. The Morgan fingerprint density at radius 1 is 1.42 bits per heavy atom. The second-order valence-electron chi connectivity index (χ2n) is 5.36. The van der Waals surface area contributed by atoms with E-state index >= 15 is 0 Å². The number of halogens is 1. The van der Waals surface area contributed by atoms with Crippen molar-refractivity contribution >= 4 is 23.2 Å². The van der Waals surface area contributed by atoms with Gasteiger partial charge in [0.05, 0.1) is 10.7 Å². The van der Waals surface area contributed by atoms with E-state index < -0.39 is 0 Å². The molecule has 19 heavy (non-hydrogen) atoms. The summed E-state index contributed by atoms with van der Waals surface area (Å²) in [5.74, 6) is 0.385. The van der Waals surface area contributed by atoms with Gasteiger partial charge >= 0.3 is 0 Å². The number of carbonyl (C=O) groups excluding carboxylic acids is 1. The first-order valence-corrected chi connectivity index (χ1v) is 7.26. The molecule has 1 aliphatic rings. The third-order valence-corrected chi connectivity index (χ3v) is 4.26. The van der Waals surface area contributed by atoms with E-state index in [1.807, 2.05) is 25.1 Å². The molecular formula is C15H21ClN2O. The summed E-state index contributed by atoms with van der Waals surface area (Å²) >= 11 is 6.11. The lowest BCUT2D eigenvalue weighted by molar-refractivity contribution is -0.122. The highest BCUT2D eigenvalue weighted by atomic mass is 35.5. The van der Waals surface area contributed by atoms with E-state index in [1.165, 1.54) is 6.42 Å². The van der Waals surface area contributed by atoms with Crippen molar-refractivity contribution in [3.63, 3.8) is 0 Å². The van der Waals surface area contributed by atoms with Crippen LogP contribution in [0.25, 0.3) is 0 Å². The number of carbonyl (C=O) groups is 1. The smallest absolute Gasteiger partial charge is 0.227 e. The third-order valence-electron chi connectivity index (χ3n) is 3.93. The molecule has 104 valence electrons. The molecule has 3 nitrogen and oxygen atoms in total. The summed E-state index contributed by atoms with van der Waals surface area (Å²) in [6, 6.07) is 5.65. The minimum Gasteiger partial charge on any atom is -0.330 e. The first-order valence-electron chi connectivity index (χ1n) is 6.89. The van der Waals surface area contributed by atoms with Gasteiger partial charge in [-0.25, -0.2) is 0 Å². The van der Waals surface area contributed by atoms with Crippen molar-refractivity contribution in [2.24, 2.45) is 17.6 Å². The lowest BCUT2D eigenvalue weighted by Gasteiger charge is -2.29. The molecular weight excluding hydrogens is 260 g/mol. The number of nitrogens with two attached hydrogens (primary N) is 1. The van der Waals surface area contributed by atoms with Gasteiger partial charge in [-0.15, -0.1) is 0 Å². The fourth-order valence-electron chi connectivity index (χ4n) is 2.80. The van der Waals surface area contributed by atoms with Crippen LogP contribution in [0.1, 0.15) is 31.2 Å². The minimum atomic E-state index is 0.0235. The van der Waals surface area contributed by atoms with Gasteiger partial charge in [0.2, 0.25) is 5.91 Å². The monoisotopic (exact) mass is 280 g/mol. The normalized spacial score (nSPS) is 23.1. The Labute approximate surface area is 119 Å². The summed E-state index contributed by atoms with van der Waals surface area (Å²) in [6.07, 6.45) is 4.26. The molecule has 2 atom stereocenters. The number of hydrogen-bond acceptors (Lipinski definition) is 2. The third kappa shape index (κ3) is 3.48. The minimum absolute atomic E-state index is 0.0235. The molecule has 1 saturated carbocycles. The Bertz CT molecular complexity index is 461. The van der Waals surface area contributed by atoms with Crippen LogP contribution in [0.2, 0.25) is 5.02 Å². The van der Waals surface area contributed by atoms with Crippen LogP contribution in [0.5, 0.6) is 0 Å². The van der Waals surface area contributed by atoms with Crippen LogP contribution in [0, 0.1) is 18.8 Å². The van der Waals surface area contributed by atoms with Gasteiger partial charge in [0.25, 0.3) is 0 Å². The van der Waals surface area contributed by atoms with E-state index in [9.17, 15) is 4.79 Å². The molecule has 0 radical (unpaired) electrons. The summed E-state index contributed by atoms with van der Waals surface area (Å²) in [5.41, 5.74) is 7.56. The molecule has 0 heterocycles. The molecule has 0 saturated heterocycles. The Morgan fingerprint density at radius 3 is 2.89 bits per heavy atom. The van der Waals surface area contributed by atoms with Crippen LogP contribution in [0.4, 0.5) is 5.69 Å². The number of amides is 1. The maximum atomic E-state index is 12.4. The zero-order chi connectivity index (χ0) is 13.8. The molecule has 2 rings (SSSR count). The van der Waals surface area contributed by atoms with Crippen LogP contribution >= 0.6 is 11.6 Å². The number of aryl methyl sites for hydroxylation is 1. The van der Waals surface area contributed by atoms with Gasteiger partial charge in [0.15, 0.2) is 0 Å². The van der Waals surface area contributed by atoms with E-state index in [2.05, 4.69) is 5.32 Å². The Morgan fingerprint density at radius 2 is 2.16 bits per heavy atom. The second kappa shape index (κ2) is 6.40. The predicted octanol–water partition coefficient (Wildman–Crippen LogP) is 3.35. The van der Waals surface area contributed by atoms with Crippen molar-refractivity contribution in [2.45, 2.75) is 32.6 Å². The number of benzene rings is 1. The van der Waals surface area contributed by atoms with E-state index in [0.717, 1.165) is 24.8 Å². The van der Waals surface area contributed by atoms with Gasteiger partial charge in [0, 0.05) is 5.92 Å². The second-order valence-corrected chi connectivity index (χ2v) is 5.77. The molecule has 1 aromatic carbocycles. The van der Waals surface area contributed by atoms with E-state index in [0.29, 0.717) is 23.2 Å². The highest BCUT2D eigenvalue weighted by molar-refractivity contribution is 6.33. The highest BCUT2D eigenvalue weighted by Crippen LogP contribution is 2.31. The molecule has 1 aliphatic carbocycles. The topological polar surface area (TPSA) is 55.1 Å². The maximum Gasteiger partial charge on any atom is 0.227 e. The van der Waals surface area contributed by atoms with Crippen molar-refractivity contribution in [3.8, 4) is 0 Å². The van der Waals surface area contributed by atoms with Gasteiger partial charge in [-0.05, 0) is 49.9 Å². The summed E-state index contributed by atoms with van der Waals surface area (Å²) in [7, 11) is 0. The lowest BCUT2D eigenvalue weighted by Crippen LogP contribution is -2.35. The molecule has 0 aromatic heterocycles. The molecule has 3 N–H and O–H groups in total.